The van der Waals surface area contributed by atoms with Crippen molar-refractivity contribution in [2.75, 3.05) is 24.7 Å². The van der Waals surface area contributed by atoms with Crippen LogP contribution in [-0.4, -0.2) is 55.9 Å². The normalized spacial score (nSPS) is 24.1. The topological polar surface area (TPSA) is 80.8 Å². The third-order valence-corrected chi connectivity index (χ3v) is 8.13. The van der Waals surface area contributed by atoms with E-state index in [9.17, 15) is 18.0 Å². The summed E-state index contributed by atoms with van der Waals surface area (Å²) in [5, 5.41) is 0. The highest BCUT2D eigenvalue weighted by molar-refractivity contribution is 7.91. The predicted octanol–water partition coefficient (Wildman–Crippen LogP) is 2.07. The van der Waals surface area contributed by atoms with E-state index in [-0.39, 0.29) is 30.1 Å². The molecule has 144 valence electrons. The minimum atomic E-state index is -3.06. The number of ether oxygens (including phenoxy) is 1. The molecule has 0 unspecified atom stereocenters. The summed E-state index contributed by atoms with van der Waals surface area (Å²) >= 11 is 1.46. The Morgan fingerprint density at radius 3 is 2.77 bits per heavy atom. The molecular weight excluding hydrogens is 374 g/mol. The van der Waals surface area contributed by atoms with Gasteiger partial charge in [-0.25, -0.2) is 13.2 Å². The van der Waals surface area contributed by atoms with Crippen molar-refractivity contribution in [3.8, 4) is 0 Å². The van der Waals surface area contributed by atoms with Gasteiger partial charge in [0.2, 0.25) is 0 Å². The number of amides is 1. The zero-order chi connectivity index (χ0) is 18.9. The van der Waals surface area contributed by atoms with Crippen molar-refractivity contribution in [2.45, 2.75) is 45.6 Å². The zero-order valence-electron chi connectivity index (χ0n) is 15.2. The summed E-state index contributed by atoms with van der Waals surface area (Å²) in [6.07, 6.45) is 3.56. The molecule has 0 radical (unpaired) electrons. The van der Waals surface area contributed by atoms with E-state index in [1.807, 2.05) is 6.07 Å². The summed E-state index contributed by atoms with van der Waals surface area (Å²) in [7, 11) is -3.06. The Morgan fingerprint density at radius 1 is 1.35 bits per heavy atom. The molecule has 1 aliphatic heterocycles. The summed E-state index contributed by atoms with van der Waals surface area (Å²) in [6.45, 7) is 4.07. The van der Waals surface area contributed by atoms with Gasteiger partial charge in [-0.1, -0.05) is 6.92 Å². The highest BCUT2D eigenvalue weighted by atomic mass is 32.2. The van der Waals surface area contributed by atoms with E-state index in [1.54, 1.807) is 6.92 Å². The molecule has 2 heterocycles. The van der Waals surface area contributed by atoms with E-state index in [0.29, 0.717) is 23.8 Å². The molecule has 1 aromatic heterocycles. The number of sulfone groups is 1. The molecule has 1 amide bonds. The second-order valence-electron chi connectivity index (χ2n) is 7.22. The van der Waals surface area contributed by atoms with Gasteiger partial charge < -0.3 is 9.64 Å². The molecule has 0 saturated carbocycles. The highest BCUT2D eigenvalue weighted by Crippen LogP contribution is 2.32. The Morgan fingerprint density at radius 2 is 2.12 bits per heavy atom. The fourth-order valence-electron chi connectivity index (χ4n) is 3.75. The van der Waals surface area contributed by atoms with Gasteiger partial charge in [-0.3, -0.25) is 4.79 Å². The number of rotatable bonds is 5. The van der Waals surface area contributed by atoms with Crippen LogP contribution < -0.4 is 0 Å². The first-order valence-electron chi connectivity index (χ1n) is 9.07. The minimum absolute atomic E-state index is 0.00362. The first kappa shape index (κ1) is 19.4. The maximum absolute atomic E-state index is 12.4. The number of esters is 1. The Hall–Kier alpha value is -1.41. The highest BCUT2D eigenvalue weighted by Gasteiger charge is 2.34. The number of carbonyl (C=O) groups excluding carboxylic acids is 2. The van der Waals surface area contributed by atoms with E-state index < -0.39 is 15.8 Å². The van der Waals surface area contributed by atoms with Gasteiger partial charge in [0.15, 0.2) is 16.4 Å². The largest absolute Gasteiger partial charge is 0.451 e. The standard InChI is InChI=1S/C18H25NO5S2/c1-3-19(14-6-7-26(22,23)11-14)17(20)10-24-18(21)16-9-13-8-12(2)4-5-15(13)25-16/h9,12,14H,3-8,10-11H2,1-2H3/t12-,14-/m1/s1. The van der Waals surface area contributed by atoms with Crippen LogP contribution in [-0.2, 0) is 32.2 Å². The second-order valence-corrected chi connectivity index (χ2v) is 10.6. The van der Waals surface area contributed by atoms with Crippen molar-refractivity contribution in [3.63, 3.8) is 0 Å². The van der Waals surface area contributed by atoms with Crippen LogP contribution in [0, 0.1) is 5.92 Å². The van der Waals surface area contributed by atoms with Crippen molar-refractivity contribution in [1.29, 1.82) is 0 Å². The van der Waals surface area contributed by atoms with E-state index >= 15 is 0 Å². The summed E-state index contributed by atoms with van der Waals surface area (Å²) in [6, 6.07) is 1.58. The molecule has 0 N–H and O–H groups in total. The van der Waals surface area contributed by atoms with Crippen LogP contribution in [0.1, 0.15) is 46.8 Å². The molecule has 8 heteroatoms. The number of aryl methyl sites for hydroxylation is 1. The quantitative estimate of drug-likeness (QED) is 0.708. The number of hydrogen-bond donors (Lipinski definition) is 0. The number of fused-ring (bicyclic) bond motifs is 1. The van der Waals surface area contributed by atoms with E-state index in [1.165, 1.54) is 26.7 Å². The van der Waals surface area contributed by atoms with Crippen molar-refractivity contribution < 1.29 is 22.7 Å². The Bertz CT molecular complexity index is 799. The van der Waals surface area contributed by atoms with Crippen LogP contribution in [0.4, 0.5) is 0 Å². The molecular formula is C18H25NO5S2. The first-order valence-corrected chi connectivity index (χ1v) is 11.7. The van der Waals surface area contributed by atoms with Gasteiger partial charge in [0.1, 0.15) is 4.88 Å². The average molecular weight is 400 g/mol. The molecule has 0 aromatic carbocycles. The number of carbonyl (C=O) groups is 2. The Labute approximate surface area is 158 Å². The van der Waals surface area contributed by atoms with Gasteiger partial charge in [-0.2, -0.15) is 0 Å². The van der Waals surface area contributed by atoms with E-state index in [2.05, 4.69) is 6.92 Å². The van der Waals surface area contributed by atoms with Gasteiger partial charge in [-0.05, 0) is 50.2 Å². The molecule has 26 heavy (non-hydrogen) atoms. The Balaban J connectivity index is 1.57. The average Bonchev–Trinajstić information content (AvgIpc) is 3.16. The maximum atomic E-state index is 12.4. The summed E-state index contributed by atoms with van der Waals surface area (Å²) < 4.78 is 28.5. The van der Waals surface area contributed by atoms with Gasteiger partial charge in [-0.15, -0.1) is 11.3 Å². The molecule has 1 saturated heterocycles. The fourth-order valence-corrected chi connectivity index (χ4v) is 6.58. The first-order chi connectivity index (χ1) is 12.3. The monoisotopic (exact) mass is 399 g/mol. The summed E-state index contributed by atoms with van der Waals surface area (Å²) in [5.41, 5.74) is 1.22. The van der Waals surface area contributed by atoms with Crippen molar-refractivity contribution in [2.24, 2.45) is 5.92 Å². The lowest BCUT2D eigenvalue weighted by atomic mass is 9.90. The number of hydrogen-bond acceptors (Lipinski definition) is 6. The van der Waals surface area contributed by atoms with E-state index in [4.69, 9.17) is 4.74 Å². The molecule has 2 atom stereocenters. The molecule has 1 aromatic rings. The molecule has 0 bridgehead atoms. The third kappa shape index (κ3) is 4.28. The van der Waals surface area contributed by atoms with Gasteiger partial charge in [0.25, 0.3) is 5.91 Å². The maximum Gasteiger partial charge on any atom is 0.348 e. The van der Waals surface area contributed by atoms with Crippen LogP contribution in [0.2, 0.25) is 0 Å². The molecule has 6 nitrogen and oxygen atoms in total. The molecule has 2 aliphatic rings. The molecule has 3 rings (SSSR count). The third-order valence-electron chi connectivity index (χ3n) is 5.17. The lowest BCUT2D eigenvalue weighted by molar-refractivity contribution is -0.136. The number of thiophene rings is 1. The SMILES string of the molecule is CCN(C(=O)COC(=O)c1cc2c(s1)CC[C@@H](C)C2)[C@@H]1CCS(=O)(=O)C1. The lowest BCUT2D eigenvalue weighted by Gasteiger charge is -2.26. The van der Waals surface area contributed by atoms with Gasteiger partial charge in [0.05, 0.1) is 11.5 Å². The van der Waals surface area contributed by atoms with Crippen LogP contribution in [0.3, 0.4) is 0 Å². The van der Waals surface area contributed by atoms with Crippen molar-refractivity contribution in [3.05, 3.63) is 21.4 Å². The van der Waals surface area contributed by atoms with Gasteiger partial charge in [0, 0.05) is 17.5 Å². The van der Waals surface area contributed by atoms with Crippen molar-refractivity contribution >= 4 is 33.1 Å². The van der Waals surface area contributed by atoms with Crippen molar-refractivity contribution in [1.82, 2.24) is 4.90 Å². The molecule has 1 aliphatic carbocycles. The zero-order valence-corrected chi connectivity index (χ0v) is 16.8. The smallest absolute Gasteiger partial charge is 0.348 e. The lowest BCUT2D eigenvalue weighted by Crippen LogP contribution is -2.43. The predicted molar refractivity (Wildman–Crippen MR) is 100 cm³/mol. The summed E-state index contributed by atoms with van der Waals surface area (Å²) in [5.74, 6) is -0.0710. The number of nitrogens with zero attached hydrogens (tertiary/aromatic N) is 1. The molecule has 1 fully saturated rings. The van der Waals surface area contributed by atoms with Crippen LogP contribution in [0.25, 0.3) is 0 Å². The second kappa shape index (κ2) is 7.68. The molecule has 0 spiro atoms. The summed E-state index contributed by atoms with van der Waals surface area (Å²) in [4.78, 5) is 28.0. The van der Waals surface area contributed by atoms with Crippen LogP contribution in [0.15, 0.2) is 6.07 Å². The fraction of sp³-hybridized carbons (Fsp3) is 0.667. The van der Waals surface area contributed by atoms with Crippen LogP contribution in [0.5, 0.6) is 0 Å². The van der Waals surface area contributed by atoms with E-state index in [0.717, 1.165) is 19.3 Å². The van der Waals surface area contributed by atoms with Crippen LogP contribution >= 0.6 is 11.3 Å². The Kier molecular flexibility index (Phi) is 5.72. The minimum Gasteiger partial charge on any atom is -0.451 e. The van der Waals surface area contributed by atoms with Gasteiger partial charge >= 0.3 is 5.97 Å². The number of likely N-dealkylation sites (N-methyl/N-ethyl adjacent to an activating group) is 1.